The number of hydrogen-bond acceptors (Lipinski definition) is 3. The van der Waals surface area contributed by atoms with E-state index in [0.29, 0.717) is 5.92 Å². The van der Waals surface area contributed by atoms with E-state index in [9.17, 15) is 0 Å². The molecule has 0 bridgehead atoms. The summed E-state index contributed by atoms with van der Waals surface area (Å²) in [4.78, 5) is 4.73. The minimum Gasteiger partial charge on any atom is -0.323 e. The highest BCUT2D eigenvalue weighted by Crippen LogP contribution is 2.33. The average molecular weight is 271 g/mol. The van der Waals surface area contributed by atoms with Gasteiger partial charge in [0.05, 0.1) is 11.2 Å². The highest BCUT2D eigenvalue weighted by atomic mass is 15.2. The zero-order chi connectivity index (χ0) is 14.7. The van der Waals surface area contributed by atoms with Gasteiger partial charge < -0.3 is 5.43 Å². The van der Waals surface area contributed by atoms with Crippen molar-refractivity contribution in [2.75, 3.05) is 5.43 Å². The Morgan fingerprint density at radius 1 is 1.30 bits per heavy atom. The van der Waals surface area contributed by atoms with Crippen LogP contribution in [0.4, 0.5) is 5.69 Å². The standard InChI is InChI=1S/C17H25N3/c1-5-6-7-13-8-9-15-14(10-13)17(20-18)16(11(2)3)12(4)19-15/h8-11H,5-7,18H2,1-4H3,(H,19,20). The van der Waals surface area contributed by atoms with Gasteiger partial charge in [-0.05, 0) is 43.4 Å². The molecular weight excluding hydrogens is 246 g/mol. The third-order valence-electron chi connectivity index (χ3n) is 3.82. The Balaban J connectivity index is 2.62. The van der Waals surface area contributed by atoms with E-state index in [1.165, 1.54) is 24.0 Å². The van der Waals surface area contributed by atoms with Gasteiger partial charge in [-0.25, -0.2) is 0 Å². The maximum absolute atomic E-state index is 5.80. The third kappa shape index (κ3) is 2.78. The zero-order valence-corrected chi connectivity index (χ0v) is 13.0. The van der Waals surface area contributed by atoms with Crippen LogP contribution in [0.5, 0.6) is 0 Å². The predicted molar refractivity (Wildman–Crippen MR) is 87.0 cm³/mol. The quantitative estimate of drug-likeness (QED) is 0.630. The largest absolute Gasteiger partial charge is 0.323 e. The molecule has 0 saturated heterocycles. The molecule has 1 heterocycles. The number of unbranched alkanes of at least 4 members (excludes halogenated alkanes) is 1. The SMILES string of the molecule is CCCCc1ccc2nc(C)c(C(C)C)c(NN)c2c1. The first-order chi connectivity index (χ1) is 9.58. The van der Waals surface area contributed by atoms with Crippen LogP contribution < -0.4 is 11.3 Å². The van der Waals surface area contributed by atoms with Gasteiger partial charge in [-0.1, -0.05) is 33.3 Å². The molecule has 0 unspecified atom stereocenters. The van der Waals surface area contributed by atoms with Crippen molar-refractivity contribution in [1.82, 2.24) is 4.98 Å². The van der Waals surface area contributed by atoms with E-state index in [0.717, 1.165) is 28.7 Å². The molecule has 0 fully saturated rings. The van der Waals surface area contributed by atoms with Crippen molar-refractivity contribution in [3.8, 4) is 0 Å². The smallest absolute Gasteiger partial charge is 0.0726 e. The highest BCUT2D eigenvalue weighted by molar-refractivity contribution is 5.94. The lowest BCUT2D eigenvalue weighted by Crippen LogP contribution is -2.12. The fourth-order valence-electron chi connectivity index (χ4n) is 2.85. The summed E-state index contributed by atoms with van der Waals surface area (Å²) in [6.07, 6.45) is 3.54. The van der Waals surface area contributed by atoms with Crippen LogP contribution in [0.25, 0.3) is 10.9 Å². The molecule has 3 N–H and O–H groups in total. The molecule has 3 nitrogen and oxygen atoms in total. The van der Waals surface area contributed by atoms with Gasteiger partial charge in [-0.2, -0.15) is 0 Å². The van der Waals surface area contributed by atoms with Crippen LogP contribution in [0.1, 0.15) is 56.4 Å². The van der Waals surface area contributed by atoms with Gasteiger partial charge in [0.1, 0.15) is 0 Å². The van der Waals surface area contributed by atoms with E-state index in [1.54, 1.807) is 0 Å². The Bertz CT molecular complexity index is 603. The van der Waals surface area contributed by atoms with Gasteiger partial charge in [0.2, 0.25) is 0 Å². The third-order valence-corrected chi connectivity index (χ3v) is 3.82. The number of hydrogen-bond donors (Lipinski definition) is 2. The molecule has 0 spiro atoms. The van der Waals surface area contributed by atoms with E-state index < -0.39 is 0 Å². The summed E-state index contributed by atoms with van der Waals surface area (Å²) in [7, 11) is 0. The summed E-state index contributed by atoms with van der Waals surface area (Å²) in [5, 5.41) is 1.13. The predicted octanol–water partition coefficient (Wildman–Crippen LogP) is 4.29. The molecule has 2 rings (SSSR count). The average Bonchev–Trinajstić information content (AvgIpc) is 2.43. The number of nitrogen functional groups attached to an aromatic ring is 1. The van der Waals surface area contributed by atoms with Crippen molar-refractivity contribution in [1.29, 1.82) is 0 Å². The summed E-state index contributed by atoms with van der Waals surface area (Å²) >= 11 is 0. The Kier molecular flexibility index (Phi) is 4.61. The minimum atomic E-state index is 0.400. The van der Waals surface area contributed by atoms with Gasteiger partial charge in [0, 0.05) is 16.6 Å². The Labute approximate surface area is 121 Å². The van der Waals surface area contributed by atoms with Crippen LogP contribution in [-0.2, 0) is 6.42 Å². The summed E-state index contributed by atoms with van der Waals surface area (Å²) < 4.78 is 0. The summed E-state index contributed by atoms with van der Waals surface area (Å²) in [6, 6.07) is 6.52. The molecule has 20 heavy (non-hydrogen) atoms. The maximum atomic E-state index is 5.80. The second kappa shape index (κ2) is 6.23. The van der Waals surface area contributed by atoms with Gasteiger partial charge in [-0.15, -0.1) is 0 Å². The molecule has 0 aliphatic heterocycles. The fraction of sp³-hybridized carbons (Fsp3) is 0.471. The lowest BCUT2D eigenvalue weighted by atomic mass is 9.95. The van der Waals surface area contributed by atoms with Crippen LogP contribution >= 0.6 is 0 Å². The van der Waals surface area contributed by atoms with Crippen LogP contribution in [0.15, 0.2) is 18.2 Å². The first-order valence-electron chi connectivity index (χ1n) is 7.48. The molecule has 0 radical (unpaired) electrons. The van der Waals surface area contributed by atoms with Crippen LogP contribution in [-0.4, -0.2) is 4.98 Å². The maximum Gasteiger partial charge on any atom is 0.0726 e. The Morgan fingerprint density at radius 2 is 2.05 bits per heavy atom. The minimum absolute atomic E-state index is 0.400. The molecule has 0 atom stereocenters. The molecule has 108 valence electrons. The number of aryl methyl sites for hydroxylation is 2. The fourth-order valence-corrected chi connectivity index (χ4v) is 2.85. The number of aromatic nitrogens is 1. The van der Waals surface area contributed by atoms with Crippen molar-refractivity contribution in [3.63, 3.8) is 0 Å². The number of nitrogens with zero attached hydrogens (tertiary/aromatic N) is 1. The van der Waals surface area contributed by atoms with Crippen LogP contribution in [0.2, 0.25) is 0 Å². The number of benzene rings is 1. The van der Waals surface area contributed by atoms with Crippen molar-refractivity contribution < 1.29 is 0 Å². The summed E-state index contributed by atoms with van der Waals surface area (Å²) in [5.41, 5.74) is 8.58. The second-order valence-electron chi connectivity index (χ2n) is 5.74. The molecule has 0 aliphatic carbocycles. The molecule has 0 saturated carbocycles. The lowest BCUT2D eigenvalue weighted by molar-refractivity contribution is 0.795. The van der Waals surface area contributed by atoms with Crippen molar-refractivity contribution in [2.24, 2.45) is 5.84 Å². The number of nitrogens with one attached hydrogen (secondary N) is 1. The molecule has 3 heteroatoms. The second-order valence-corrected chi connectivity index (χ2v) is 5.74. The first-order valence-corrected chi connectivity index (χ1v) is 7.48. The van der Waals surface area contributed by atoms with Crippen molar-refractivity contribution >= 4 is 16.6 Å². The number of rotatable bonds is 5. The number of fused-ring (bicyclic) bond motifs is 1. The molecule has 0 amide bonds. The highest BCUT2D eigenvalue weighted by Gasteiger charge is 2.15. The van der Waals surface area contributed by atoms with Gasteiger partial charge in [-0.3, -0.25) is 10.8 Å². The van der Waals surface area contributed by atoms with Gasteiger partial charge in [0.25, 0.3) is 0 Å². The zero-order valence-electron chi connectivity index (χ0n) is 13.0. The summed E-state index contributed by atoms with van der Waals surface area (Å²) in [5.74, 6) is 6.20. The molecule has 1 aromatic heterocycles. The molecule has 0 aliphatic rings. The first kappa shape index (κ1) is 14.8. The van der Waals surface area contributed by atoms with Crippen LogP contribution in [0, 0.1) is 6.92 Å². The monoisotopic (exact) mass is 271 g/mol. The van der Waals surface area contributed by atoms with Crippen molar-refractivity contribution in [3.05, 3.63) is 35.0 Å². The number of pyridine rings is 1. The Morgan fingerprint density at radius 3 is 2.65 bits per heavy atom. The van der Waals surface area contributed by atoms with E-state index in [-0.39, 0.29) is 0 Å². The van der Waals surface area contributed by atoms with E-state index in [1.807, 2.05) is 0 Å². The number of anilines is 1. The lowest BCUT2D eigenvalue weighted by Gasteiger charge is -2.18. The van der Waals surface area contributed by atoms with Crippen LogP contribution in [0.3, 0.4) is 0 Å². The van der Waals surface area contributed by atoms with Crippen molar-refractivity contribution in [2.45, 2.75) is 52.9 Å². The normalized spacial score (nSPS) is 11.3. The molecule has 1 aromatic carbocycles. The van der Waals surface area contributed by atoms with Gasteiger partial charge in [0.15, 0.2) is 0 Å². The molecule has 2 aromatic rings. The van der Waals surface area contributed by atoms with E-state index >= 15 is 0 Å². The number of hydrazine groups is 1. The number of nitrogens with two attached hydrogens (primary N) is 1. The van der Waals surface area contributed by atoms with E-state index in [2.05, 4.69) is 51.3 Å². The summed E-state index contributed by atoms with van der Waals surface area (Å²) in [6.45, 7) is 8.63. The Hall–Kier alpha value is -1.61. The molecular formula is C17H25N3. The van der Waals surface area contributed by atoms with Gasteiger partial charge >= 0.3 is 0 Å². The topological polar surface area (TPSA) is 50.9 Å². The van der Waals surface area contributed by atoms with E-state index in [4.69, 9.17) is 10.8 Å².